The molecule has 0 spiro atoms. The zero-order valence-corrected chi connectivity index (χ0v) is 16.6. The first-order valence-corrected chi connectivity index (χ1v) is 9.38. The van der Waals surface area contributed by atoms with Crippen LogP contribution in [0, 0.1) is 5.92 Å². The summed E-state index contributed by atoms with van der Waals surface area (Å²) >= 11 is 17.1. The predicted octanol–water partition coefficient (Wildman–Crippen LogP) is 2.56. The van der Waals surface area contributed by atoms with Crippen LogP contribution < -0.4 is 5.69 Å². The van der Waals surface area contributed by atoms with Crippen molar-refractivity contribution in [1.82, 2.24) is 14.8 Å². The smallest absolute Gasteiger partial charge is 0.298 e. The van der Waals surface area contributed by atoms with Crippen LogP contribution in [-0.4, -0.2) is 32.1 Å². The Kier molecular flexibility index (Phi) is 5.60. The second-order valence-corrected chi connectivity index (χ2v) is 7.56. The Morgan fingerprint density at radius 2 is 1.89 bits per heavy atom. The molecule has 1 N–H and O–H groups in total. The molecule has 1 aromatic heterocycles. The lowest BCUT2D eigenvalue weighted by molar-refractivity contribution is -0.133. The number of H-pyrrole nitrogens is 1. The molecule has 1 aliphatic rings. The van der Waals surface area contributed by atoms with E-state index in [2.05, 4.69) is 22.8 Å². The molecule has 0 aliphatic heterocycles. The molecule has 1 aliphatic carbocycles. The van der Waals surface area contributed by atoms with Crippen LogP contribution in [0.4, 0.5) is 0 Å². The van der Waals surface area contributed by atoms with E-state index in [4.69, 9.17) is 23.2 Å². The molecule has 1 aromatic carbocycles. The number of hydrogen-bond acceptors (Lipinski definition) is 6. The highest BCUT2D eigenvalue weighted by atomic mass is 35.5. The summed E-state index contributed by atoms with van der Waals surface area (Å²) in [6, 6.07) is 2.83. The topological polar surface area (TPSA) is 102 Å². The molecule has 0 bridgehead atoms. The van der Waals surface area contributed by atoms with Crippen LogP contribution in [0.2, 0.25) is 10.0 Å². The molecule has 142 valence electrons. The number of rotatable bonds is 4. The summed E-state index contributed by atoms with van der Waals surface area (Å²) in [7, 11) is 1.50. The first-order chi connectivity index (χ1) is 12.7. The molecule has 0 saturated heterocycles. The number of aromatic amines is 1. The van der Waals surface area contributed by atoms with Crippen LogP contribution in [0.25, 0.3) is 0 Å². The fourth-order valence-corrected chi connectivity index (χ4v) is 4.43. The number of carbonyl (C=O) groups is 3. The quantitative estimate of drug-likeness (QED) is 0.443. The van der Waals surface area contributed by atoms with Crippen molar-refractivity contribution in [3.05, 3.63) is 49.6 Å². The first-order valence-electron chi connectivity index (χ1n) is 8.11. The van der Waals surface area contributed by atoms with Crippen LogP contribution in [0.1, 0.15) is 46.3 Å². The highest BCUT2D eigenvalue weighted by molar-refractivity contribution is 7.80. The Morgan fingerprint density at radius 1 is 1.26 bits per heavy atom. The molecule has 0 amide bonds. The second kappa shape index (κ2) is 7.61. The Hall–Kier alpha value is -1.90. The second-order valence-electron chi connectivity index (χ2n) is 6.25. The van der Waals surface area contributed by atoms with Gasteiger partial charge in [-0.1, -0.05) is 23.2 Å². The molecule has 1 fully saturated rings. The van der Waals surface area contributed by atoms with Crippen LogP contribution in [0.5, 0.6) is 0 Å². The molecular weight excluding hydrogens is 413 g/mol. The number of nitrogens with zero attached hydrogens (tertiary/aromatic N) is 2. The number of hydrogen-bond donors (Lipinski definition) is 2. The van der Waals surface area contributed by atoms with E-state index in [0.717, 1.165) is 0 Å². The SMILES string of the molecule is Cn1c(C(S)c2c(Cl)ccc(C(=O)C3C(=O)CCCC3=O)c2Cl)n[nH]c1=O. The number of aromatic nitrogens is 3. The molecule has 27 heavy (non-hydrogen) atoms. The largest absolute Gasteiger partial charge is 0.343 e. The third-order valence-electron chi connectivity index (χ3n) is 4.58. The van der Waals surface area contributed by atoms with Gasteiger partial charge in [0, 0.05) is 36.0 Å². The number of carbonyl (C=O) groups excluding carboxylic acids is 3. The average Bonchev–Trinajstić information content (AvgIpc) is 2.93. The Morgan fingerprint density at radius 3 is 2.44 bits per heavy atom. The van der Waals surface area contributed by atoms with Crippen molar-refractivity contribution < 1.29 is 14.4 Å². The normalized spacial score (nSPS) is 16.6. The van der Waals surface area contributed by atoms with Crippen molar-refractivity contribution in [1.29, 1.82) is 0 Å². The molecule has 7 nitrogen and oxygen atoms in total. The first kappa shape index (κ1) is 19.9. The molecule has 1 unspecified atom stereocenters. The third kappa shape index (κ3) is 3.49. The summed E-state index contributed by atoms with van der Waals surface area (Å²) in [5.41, 5.74) is -0.156. The molecule has 1 atom stereocenters. The van der Waals surface area contributed by atoms with E-state index < -0.39 is 34.2 Å². The van der Waals surface area contributed by atoms with Gasteiger partial charge in [-0.2, -0.15) is 17.7 Å². The van der Waals surface area contributed by atoms with Gasteiger partial charge >= 0.3 is 5.69 Å². The van der Waals surface area contributed by atoms with Gasteiger partial charge < -0.3 is 0 Å². The minimum Gasteiger partial charge on any atom is -0.298 e. The molecule has 2 aromatic rings. The van der Waals surface area contributed by atoms with Crippen LogP contribution in [0.15, 0.2) is 16.9 Å². The minimum atomic E-state index is -1.33. The number of halogens is 2. The number of Topliss-reactive ketones (excluding diaryl/α,β-unsaturated/α-hetero) is 3. The molecular formula is C17H15Cl2N3O4S. The number of nitrogens with one attached hydrogen (secondary N) is 1. The lowest BCUT2D eigenvalue weighted by atomic mass is 9.81. The van der Waals surface area contributed by atoms with Gasteiger partial charge in [0.1, 0.15) is 5.92 Å². The standard InChI is InChI=1S/C17H15Cl2N3O4S/c1-22-16(20-21-17(22)26)15(27)11-8(18)6-5-7(13(11)19)14(25)12-9(23)3-2-4-10(12)24/h5-6,12,15,27H,2-4H2,1H3,(H,21,26). The fraction of sp³-hybridized carbons (Fsp3) is 0.353. The van der Waals surface area contributed by atoms with Crippen molar-refractivity contribution in [3.63, 3.8) is 0 Å². The van der Waals surface area contributed by atoms with Gasteiger partial charge in [0.25, 0.3) is 0 Å². The van der Waals surface area contributed by atoms with Crippen LogP contribution in [-0.2, 0) is 16.6 Å². The number of thiol groups is 1. The summed E-state index contributed by atoms with van der Waals surface area (Å²) < 4.78 is 1.24. The number of ketones is 3. The van der Waals surface area contributed by atoms with Crippen molar-refractivity contribution >= 4 is 53.2 Å². The van der Waals surface area contributed by atoms with Gasteiger partial charge in [0.2, 0.25) is 0 Å². The van der Waals surface area contributed by atoms with E-state index >= 15 is 0 Å². The van der Waals surface area contributed by atoms with E-state index in [-0.39, 0.29) is 39.8 Å². The van der Waals surface area contributed by atoms with Gasteiger partial charge in [-0.15, -0.1) is 0 Å². The van der Waals surface area contributed by atoms with E-state index in [0.29, 0.717) is 6.42 Å². The van der Waals surface area contributed by atoms with E-state index in [9.17, 15) is 19.2 Å². The van der Waals surface area contributed by atoms with E-state index in [1.807, 2.05) is 0 Å². The van der Waals surface area contributed by atoms with E-state index in [1.165, 1.54) is 23.7 Å². The maximum Gasteiger partial charge on any atom is 0.343 e. The summed E-state index contributed by atoms with van der Waals surface area (Å²) in [5.74, 6) is -2.54. The summed E-state index contributed by atoms with van der Waals surface area (Å²) in [5, 5.41) is 5.58. The monoisotopic (exact) mass is 427 g/mol. The van der Waals surface area contributed by atoms with Crippen molar-refractivity contribution in [3.8, 4) is 0 Å². The maximum absolute atomic E-state index is 12.9. The molecule has 0 radical (unpaired) electrons. The molecule has 1 saturated carbocycles. The fourth-order valence-electron chi connectivity index (χ4n) is 3.10. The lowest BCUT2D eigenvalue weighted by Gasteiger charge is -2.20. The van der Waals surface area contributed by atoms with Crippen LogP contribution >= 0.6 is 35.8 Å². The summed E-state index contributed by atoms with van der Waals surface area (Å²) in [6.45, 7) is 0. The molecule has 10 heteroatoms. The van der Waals surface area contributed by atoms with Crippen molar-refractivity contribution in [2.45, 2.75) is 24.5 Å². The van der Waals surface area contributed by atoms with Crippen molar-refractivity contribution in [2.75, 3.05) is 0 Å². The summed E-state index contributed by atoms with van der Waals surface area (Å²) in [6.07, 6.45) is 0.822. The Bertz CT molecular complexity index is 998. The zero-order valence-electron chi connectivity index (χ0n) is 14.2. The predicted molar refractivity (Wildman–Crippen MR) is 103 cm³/mol. The van der Waals surface area contributed by atoms with Gasteiger partial charge in [-0.25, -0.2) is 9.89 Å². The van der Waals surface area contributed by atoms with Crippen LogP contribution in [0.3, 0.4) is 0 Å². The van der Waals surface area contributed by atoms with E-state index in [1.54, 1.807) is 0 Å². The lowest BCUT2D eigenvalue weighted by Crippen LogP contribution is -2.35. The van der Waals surface area contributed by atoms with Gasteiger partial charge in [-0.3, -0.25) is 19.0 Å². The highest BCUT2D eigenvalue weighted by Gasteiger charge is 2.38. The Labute approximate surface area is 169 Å². The van der Waals surface area contributed by atoms with Gasteiger partial charge in [0.15, 0.2) is 23.2 Å². The highest BCUT2D eigenvalue weighted by Crippen LogP contribution is 2.39. The van der Waals surface area contributed by atoms with Crippen molar-refractivity contribution in [2.24, 2.45) is 13.0 Å². The average molecular weight is 428 g/mol. The Balaban J connectivity index is 2.07. The van der Waals surface area contributed by atoms with Gasteiger partial charge in [0.05, 0.1) is 10.3 Å². The number of benzene rings is 1. The molecule has 1 heterocycles. The van der Waals surface area contributed by atoms with Gasteiger partial charge in [-0.05, 0) is 18.6 Å². The summed E-state index contributed by atoms with van der Waals surface area (Å²) in [4.78, 5) is 48.7. The zero-order chi connectivity index (χ0) is 19.9. The molecule has 3 rings (SSSR count). The minimum absolute atomic E-state index is 0.0178. The maximum atomic E-state index is 12.9. The third-order valence-corrected chi connectivity index (χ3v) is 5.80.